The zero-order chi connectivity index (χ0) is 42.8. The maximum Gasteiger partial charge on any atom is 0.329 e. The van der Waals surface area contributed by atoms with E-state index in [0.29, 0.717) is 12.2 Å². The van der Waals surface area contributed by atoms with E-state index in [-0.39, 0.29) is 41.0 Å². The molecule has 0 radical (unpaired) electrons. The lowest BCUT2D eigenvalue weighted by Gasteiger charge is -2.41. The number of nitrogens with zero attached hydrogens (tertiary/aromatic N) is 5. The highest BCUT2D eigenvalue weighted by Gasteiger charge is 2.41. The molecule has 60 heavy (non-hydrogen) atoms. The molecule has 0 amide bonds. The van der Waals surface area contributed by atoms with Gasteiger partial charge in [0.05, 0.1) is 45.5 Å². The number of aromatic amines is 1. The van der Waals surface area contributed by atoms with E-state index in [4.69, 9.17) is 8.85 Å². The Kier molecular flexibility index (Phi) is 13.5. The second-order valence-electron chi connectivity index (χ2n) is 20.0. The van der Waals surface area contributed by atoms with Gasteiger partial charge < -0.3 is 13.8 Å². The fourth-order valence-electron chi connectivity index (χ4n) is 8.49. The Labute approximate surface area is 374 Å². The van der Waals surface area contributed by atoms with E-state index in [1.165, 1.54) is 0 Å². The van der Waals surface area contributed by atoms with Gasteiger partial charge in [0.2, 0.25) is 0 Å². The number of aryl methyl sites for hydroxylation is 1. The number of rotatable bonds is 6. The average molecular weight is 983 g/mol. The number of H-pyrrole nitrogens is 1. The van der Waals surface area contributed by atoms with Gasteiger partial charge in [0.15, 0.2) is 16.6 Å². The molecule has 2 fully saturated rings. The standard InChI is InChI=1S/C23H32BrN3O2Si.C22H30BrN3O2Si.CH4/c1-23(2,3)30(5,6)29-17-10-8-16(9-11-17)27-21-18-13-15(24)7-12-19(18)25-14-20(21)26(4)22(27)28;1-22(2,3)29(4,5)28-16-9-7-15(8-10-16)26-20-17-12-14(23)6-11-18(17)24-13-19(20)25-21(26)27;/h7,12-14,16-17H,8-11H2,1-6H3;6,11-13,15-16H,7-10H2,1-5H3,(H,25,27);1H4. The van der Waals surface area contributed by atoms with Crippen LogP contribution in [-0.4, -0.2) is 57.5 Å². The normalized spacial score (nSPS) is 20.7. The summed E-state index contributed by atoms with van der Waals surface area (Å²) in [7, 11) is -1.69. The lowest BCUT2D eigenvalue weighted by Crippen LogP contribution is -2.45. The van der Waals surface area contributed by atoms with Crippen LogP contribution in [0.15, 0.2) is 67.3 Å². The third-order valence-electron chi connectivity index (χ3n) is 13.9. The van der Waals surface area contributed by atoms with Crippen molar-refractivity contribution >= 4 is 92.4 Å². The molecule has 2 saturated carbocycles. The predicted octanol–water partition coefficient (Wildman–Crippen LogP) is 12.9. The SMILES string of the molecule is C.CC(C)(C)[Si](C)(C)OC1CCC(n2c(=O)[nH]c3cnc4ccc(Br)cc4c32)CC1.Cn1c(=O)n(C2CCC(O[Si](C)(C)C(C)(C)C)CC2)c2c3cc(Br)ccc3ncc21. The van der Waals surface area contributed by atoms with E-state index in [1.807, 2.05) is 46.6 Å². The first-order valence-electron chi connectivity index (χ1n) is 21.3. The van der Waals surface area contributed by atoms with E-state index in [1.54, 1.807) is 10.8 Å². The molecule has 0 unspecified atom stereocenters. The van der Waals surface area contributed by atoms with Crippen molar-refractivity contribution in [3.8, 4) is 0 Å². The second-order valence-corrected chi connectivity index (χ2v) is 31.3. The summed E-state index contributed by atoms with van der Waals surface area (Å²) in [6, 6.07) is 12.5. The van der Waals surface area contributed by atoms with Crippen molar-refractivity contribution in [2.75, 3.05) is 0 Å². The van der Waals surface area contributed by atoms with Crippen LogP contribution in [0.25, 0.3) is 43.9 Å². The molecule has 326 valence electrons. The van der Waals surface area contributed by atoms with E-state index in [9.17, 15) is 9.59 Å². The average Bonchev–Trinajstić information content (AvgIpc) is 3.63. The monoisotopic (exact) mass is 980 g/mol. The van der Waals surface area contributed by atoms with Gasteiger partial charge in [-0.25, -0.2) is 9.59 Å². The van der Waals surface area contributed by atoms with Gasteiger partial charge in [-0.3, -0.25) is 23.7 Å². The van der Waals surface area contributed by atoms with Crippen molar-refractivity contribution < 1.29 is 8.85 Å². The van der Waals surface area contributed by atoms with Crippen LogP contribution in [0.5, 0.6) is 0 Å². The Hall–Kier alpha value is -2.89. The minimum absolute atomic E-state index is 0. The topological polar surface area (TPSA) is 109 Å². The van der Waals surface area contributed by atoms with Gasteiger partial charge in [-0.15, -0.1) is 0 Å². The summed E-state index contributed by atoms with van der Waals surface area (Å²) >= 11 is 7.14. The highest BCUT2D eigenvalue weighted by atomic mass is 79.9. The fourth-order valence-corrected chi connectivity index (χ4v) is 12.1. The maximum absolute atomic E-state index is 13.2. The van der Waals surface area contributed by atoms with Crippen LogP contribution >= 0.6 is 31.9 Å². The molecule has 6 aromatic rings. The minimum Gasteiger partial charge on any atom is -0.414 e. The third kappa shape index (κ3) is 9.11. The number of fused-ring (bicyclic) bond motifs is 6. The molecule has 2 aliphatic carbocycles. The number of pyridine rings is 2. The summed E-state index contributed by atoms with van der Waals surface area (Å²) < 4.78 is 21.0. The number of nitrogens with one attached hydrogen (secondary N) is 1. The van der Waals surface area contributed by atoms with Gasteiger partial charge in [0.25, 0.3) is 0 Å². The number of hydrogen-bond acceptors (Lipinski definition) is 6. The first-order chi connectivity index (χ1) is 27.6. The molecule has 8 rings (SSSR count). The zero-order valence-corrected chi connectivity index (χ0v) is 41.9. The fraction of sp³-hybridized carbons (Fsp3) is 0.565. The molecule has 0 aliphatic heterocycles. The van der Waals surface area contributed by atoms with Crippen LogP contribution in [0.1, 0.15) is 112 Å². The molecule has 2 aliphatic rings. The molecule has 0 bridgehead atoms. The number of hydrogen-bond donors (Lipinski definition) is 1. The van der Waals surface area contributed by atoms with Crippen molar-refractivity contribution in [3.63, 3.8) is 0 Å². The molecule has 0 spiro atoms. The molecular formula is C46H66Br2N6O4Si2. The van der Waals surface area contributed by atoms with Crippen molar-refractivity contribution in [2.45, 2.75) is 161 Å². The van der Waals surface area contributed by atoms with E-state index >= 15 is 0 Å². The van der Waals surface area contributed by atoms with E-state index in [2.05, 4.69) is 127 Å². The summed E-state index contributed by atoms with van der Waals surface area (Å²) in [5, 5.41) is 2.47. The highest BCUT2D eigenvalue weighted by molar-refractivity contribution is 9.10. The Bertz CT molecular complexity index is 2620. The molecule has 0 saturated heterocycles. The quantitative estimate of drug-likeness (QED) is 0.167. The van der Waals surface area contributed by atoms with Gasteiger partial charge in [-0.05, 0) is 124 Å². The Balaban J connectivity index is 0.000000198. The van der Waals surface area contributed by atoms with Crippen molar-refractivity contribution in [1.82, 2.24) is 28.7 Å². The number of aromatic nitrogens is 6. The third-order valence-corrected chi connectivity index (χ3v) is 24.0. The summed E-state index contributed by atoms with van der Waals surface area (Å²) in [6.45, 7) is 23.0. The molecule has 10 nitrogen and oxygen atoms in total. The lowest BCUT2D eigenvalue weighted by molar-refractivity contribution is 0.118. The van der Waals surface area contributed by atoms with Crippen LogP contribution in [0.3, 0.4) is 0 Å². The van der Waals surface area contributed by atoms with Crippen LogP contribution in [0.2, 0.25) is 36.3 Å². The summed E-state index contributed by atoms with van der Waals surface area (Å²) in [5.74, 6) is 0. The maximum atomic E-state index is 13.2. The first-order valence-corrected chi connectivity index (χ1v) is 28.7. The second kappa shape index (κ2) is 17.4. The Morgan fingerprint density at radius 3 is 1.57 bits per heavy atom. The molecule has 0 atom stereocenters. The highest BCUT2D eigenvalue weighted by Crippen LogP contribution is 2.42. The number of halogens is 2. The van der Waals surface area contributed by atoms with Gasteiger partial charge in [-0.2, -0.15) is 0 Å². The minimum atomic E-state index is -1.77. The summed E-state index contributed by atoms with van der Waals surface area (Å²) in [4.78, 5) is 38.2. The molecule has 14 heteroatoms. The molecular weight excluding hydrogens is 917 g/mol. The Morgan fingerprint density at radius 2 is 1.10 bits per heavy atom. The lowest BCUT2D eigenvalue weighted by atomic mass is 9.93. The van der Waals surface area contributed by atoms with Gasteiger partial charge in [0, 0.05) is 51.1 Å². The van der Waals surface area contributed by atoms with Crippen LogP contribution < -0.4 is 11.4 Å². The first kappa shape index (κ1) is 46.6. The van der Waals surface area contributed by atoms with Gasteiger partial charge >= 0.3 is 11.4 Å². The number of benzene rings is 2. The zero-order valence-electron chi connectivity index (χ0n) is 36.7. The van der Waals surface area contributed by atoms with E-state index in [0.717, 1.165) is 104 Å². The van der Waals surface area contributed by atoms with Gasteiger partial charge in [-0.1, -0.05) is 80.8 Å². The van der Waals surface area contributed by atoms with Crippen molar-refractivity contribution in [3.05, 3.63) is 78.7 Å². The number of imidazole rings is 2. The van der Waals surface area contributed by atoms with Crippen molar-refractivity contribution in [2.24, 2.45) is 7.05 Å². The molecule has 4 aromatic heterocycles. The van der Waals surface area contributed by atoms with Crippen LogP contribution in [-0.2, 0) is 15.9 Å². The van der Waals surface area contributed by atoms with Crippen LogP contribution in [0, 0.1) is 0 Å². The smallest absolute Gasteiger partial charge is 0.329 e. The largest absolute Gasteiger partial charge is 0.414 e. The molecule has 4 heterocycles. The Morgan fingerprint density at radius 1 is 0.667 bits per heavy atom. The summed E-state index contributed by atoms with van der Waals surface area (Å²) in [6.07, 6.45) is 12.1. The molecule has 2 aromatic carbocycles. The predicted molar refractivity (Wildman–Crippen MR) is 262 cm³/mol. The van der Waals surface area contributed by atoms with Crippen LogP contribution in [0.4, 0.5) is 0 Å². The van der Waals surface area contributed by atoms with Crippen molar-refractivity contribution in [1.29, 1.82) is 0 Å². The summed E-state index contributed by atoms with van der Waals surface area (Å²) in [5.41, 5.74) is 5.50. The van der Waals surface area contributed by atoms with E-state index < -0.39 is 16.6 Å². The molecule has 1 N–H and O–H groups in total. The van der Waals surface area contributed by atoms with Gasteiger partial charge in [0.1, 0.15) is 0 Å².